The van der Waals surface area contributed by atoms with Crippen molar-refractivity contribution in [1.82, 2.24) is 9.80 Å². The Morgan fingerprint density at radius 1 is 1.26 bits per heavy atom. The molecule has 0 aliphatic carbocycles. The van der Waals surface area contributed by atoms with E-state index in [9.17, 15) is 0 Å². The molecule has 0 radical (unpaired) electrons. The molecule has 2 atom stereocenters. The third kappa shape index (κ3) is 4.03. The first kappa shape index (κ1) is 14.5. The molecule has 0 saturated carbocycles. The zero-order valence-corrected chi connectivity index (χ0v) is 12.3. The number of aryl methyl sites for hydroxylation is 1. The molecule has 2 rings (SSSR count). The Balaban J connectivity index is 1.86. The second-order valence-corrected chi connectivity index (χ2v) is 5.76. The standard InChI is InChI=1S/C16H27N3/c1-14(8-9-15-6-4-3-5-7-15)19-11-10-18(2)13-16(19)12-17/h3-7,14,16H,8-13,17H2,1-2H3. The quantitative estimate of drug-likeness (QED) is 0.873. The summed E-state index contributed by atoms with van der Waals surface area (Å²) in [6.07, 6.45) is 2.37. The molecule has 19 heavy (non-hydrogen) atoms. The van der Waals surface area contributed by atoms with E-state index in [2.05, 4.69) is 54.1 Å². The summed E-state index contributed by atoms with van der Waals surface area (Å²) in [5, 5.41) is 0. The number of hydrogen-bond acceptors (Lipinski definition) is 3. The Morgan fingerprint density at radius 3 is 2.68 bits per heavy atom. The number of rotatable bonds is 5. The van der Waals surface area contributed by atoms with Gasteiger partial charge >= 0.3 is 0 Å². The molecular formula is C16H27N3. The summed E-state index contributed by atoms with van der Waals surface area (Å²) in [7, 11) is 2.19. The first-order valence-electron chi connectivity index (χ1n) is 7.39. The average Bonchev–Trinajstić information content (AvgIpc) is 2.45. The molecule has 1 fully saturated rings. The molecule has 1 aromatic rings. The topological polar surface area (TPSA) is 32.5 Å². The lowest BCUT2D eigenvalue weighted by Gasteiger charge is -2.43. The Hall–Kier alpha value is -0.900. The predicted molar refractivity (Wildman–Crippen MR) is 81.3 cm³/mol. The van der Waals surface area contributed by atoms with Crippen molar-refractivity contribution in [3.8, 4) is 0 Å². The van der Waals surface area contributed by atoms with E-state index in [4.69, 9.17) is 5.73 Å². The second kappa shape index (κ2) is 7.04. The normalized spacial score (nSPS) is 23.4. The number of nitrogens with two attached hydrogens (primary N) is 1. The van der Waals surface area contributed by atoms with Crippen molar-refractivity contribution in [2.75, 3.05) is 33.2 Å². The smallest absolute Gasteiger partial charge is 0.0348 e. The molecule has 1 aliphatic rings. The lowest BCUT2D eigenvalue weighted by molar-refractivity contribution is 0.0594. The lowest BCUT2D eigenvalue weighted by atomic mass is 10.0. The minimum atomic E-state index is 0.518. The molecule has 1 saturated heterocycles. The third-order valence-electron chi connectivity index (χ3n) is 4.26. The molecule has 1 aliphatic heterocycles. The predicted octanol–water partition coefficient (Wildman–Crippen LogP) is 1.58. The zero-order chi connectivity index (χ0) is 13.7. The fourth-order valence-electron chi connectivity index (χ4n) is 3.00. The number of piperazine rings is 1. The Morgan fingerprint density at radius 2 is 2.00 bits per heavy atom. The molecule has 0 amide bonds. The van der Waals surface area contributed by atoms with E-state index in [0.717, 1.165) is 32.6 Å². The molecule has 3 nitrogen and oxygen atoms in total. The first-order chi connectivity index (χ1) is 9.20. The van der Waals surface area contributed by atoms with Gasteiger partial charge in [0.25, 0.3) is 0 Å². The summed E-state index contributed by atoms with van der Waals surface area (Å²) < 4.78 is 0. The maximum atomic E-state index is 5.93. The number of hydrogen-bond donors (Lipinski definition) is 1. The van der Waals surface area contributed by atoms with Gasteiger partial charge in [-0.1, -0.05) is 30.3 Å². The van der Waals surface area contributed by atoms with Crippen molar-refractivity contribution < 1.29 is 0 Å². The summed E-state index contributed by atoms with van der Waals surface area (Å²) in [5.41, 5.74) is 7.37. The van der Waals surface area contributed by atoms with Crippen LogP contribution >= 0.6 is 0 Å². The molecular weight excluding hydrogens is 234 g/mol. The van der Waals surface area contributed by atoms with E-state index < -0.39 is 0 Å². The van der Waals surface area contributed by atoms with Crippen molar-refractivity contribution in [3.05, 3.63) is 35.9 Å². The van der Waals surface area contributed by atoms with E-state index in [-0.39, 0.29) is 0 Å². The summed E-state index contributed by atoms with van der Waals surface area (Å²) in [4.78, 5) is 4.99. The van der Waals surface area contributed by atoms with Crippen molar-refractivity contribution in [3.63, 3.8) is 0 Å². The maximum Gasteiger partial charge on any atom is 0.0348 e. The van der Waals surface area contributed by atoms with Crippen LogP contribution in [0.1, 0.15) is 18.9 Å². The Bertz CT molecular complexity index is 366. The molecule has 2 N–H and O–H groups in total. The van der Waals surface area contributed by atoms with Gasteiger partial charge in [-0.2, -0.15) is 0 Å². The SMILES string of the molecule is CC(CCc1ccccc1)N1CCN(C)CC1CN. The van der Waals surface area contributed by atoms with Crippen LogP contribution in [0, 0.1) is 0 Å². The van der Waals surface area contributed by atoms with Gasteiger partial charge in [0.1, 0.15) is 0 Å². The highest BCUT2D eigenvalue weighted by atomic mass is 15.3. The Labute approximate surface area is 117 Å². The fourth-order valence-corrected chi connectivity index (χ4v) is 3.00. The average molecular weight is 261 g/mol. The fraction of sp³-hybridized carbons (Fsp3) is 0.625. The second-order valence-electron chi connectivity index (χ2n) is 5.76. The molecule has 3 heteroatoms. The summed E-state index contributed by atoms with van der Waals surface area (Å²) in [5.74, 6) is 0. The van der Waals surface area contributed by atoms with Gasteiger partial charge in [-0.05, 0) is 32.4 Å². The van der Waals surface area contributed by atoms with Gasteiger partial charge in [-0.3, -0.25) is 4.90 Å². The summed E-state index contributed by atoms with van der Waals surface area (Å²) in [6.45, 7) is 6.52. The van der Waals surface area contributed by atoms with Crippen molar-refractivity contribution in [2.24, 2.45) is 5.73 Å². The van der Waals surface area contributed by atoms with Crippen molar-refractivity contribution in [1.29, 1.82) is 0 Å². The minimum absolute atomic E-state index is 0.518. The van der Waals surface area contributed by atoms with Gasteiger partial charge < -0.3 is 10.6 Å². The van der Waals surface area contributed by atoms with Gasteiger partial charge in [0.2, 0.25) is 0 Å². The molecule has 1 heterocycles. The van der Waals surface area contributed by atoms with Crippen LogP contribution in [0.15, 0.2) is 30.3 Å². The van der Waals surface area contributed by atoms with Gasteiger partial charge in [-0.15, -0.1) is 0 Å². The van der Waals surface area contributed by atoms with E-state index in [1.165, 1.54) is 12.0 Å². The summed E-state index contributed by atoms with van der Waals surface area (Å²) >= 11 is 0. The van der Waals surface area contributed by atoms with E-state index >= 15 is 0 Å². The minimum Gasteiger partial charge on any atom is -0.329 e. The third-order valence-corrected chi connectivity index (χ3v) is 4.26. The van der Waals surface area contributed by atoms with Gasteiger partial charge in [-0.25, -0.2) is 0 Å². The van der Waals surface area contributed by atoms with E-state index in [1.807, 2.05) is 0 Å². The van der Waals surface area contributed by atoms with Crippen LogP contribution in [0.3, 0.4) is 0 Å². The number of likely N-dealkylation sites (N-methyl/N-ethyl adjacent to an activating group) is 1. The van der Waals surface area contributed by atoms with Crippen LogP contribution in [-0.2, 0) is 6.42 Å². The summed E-state index contributed by atoms with van der Waals surface area (Å²) in [6, 6.07) is 11.9. The van der Waals surface area contributed by atoms with E-state index in [1.54, 1.807) is 0 Å². The molecule has 2 unspecified atom stereocenters. The largest absolute Gasteiger partial charge is 0.329 e. The zero-order valence-electron chi connectivity index (χ0n) is 12.3. The lowest BCUT2D eigenvalue weighted by Crippen LogP contribution is -2.57. The highest BCUT2D eigenvalue weighted by Gasteiger charge is 2.27. The van der Waals surface area contributed by atoms with E-state index in [0.29, 0.717) is 12.1 Å². The van der Waals surface area contributed by atoms with Crippen LogP contribution < -0.4 is 5.73 Å². The van der Waals surface area contributed by atoms with Crippen molar-refractivity contribution >= 4 is 0 Å². The molecule has 1 aromatic carbocycles. The number of nitrogens with zero attached hydrogens (tertiary/aromatic N) is 2. The van der Waals surface area contributed by atoms with Crippen LogP contribution in [-0.4, -0.2) is 55.1 Å². The number of benzene rings is 1. The van der Waals surface area contributed by atoms with Gasteiger partial charge in [0, 0.05) is 38.3 Å². The van der Waals surface area contributed by atoms with Crippen molar-refractivity contribution in [2.45, 2.75) is 31.8 Å². The van der Waals surface area contributed by atoms with Crippen LogP contribution in [0.2, 0.25) is 0 Å². The molecule has 0 bridgehead atoms. The van der Waals surface area contributed by atoms with Gasteiger partial charge in [0.15, 0.2) is 0 Å². The monoisotopic (exact) mass is 261 g/mol. The maximum absolute atomic E-state index is 5.93. The van der Waals surface area contributed by atoms with Crippen LogP contribution in [0.4, 0.5) is 0 Å². The molecule has 0 aromatic heterocycles. The van der Waals surface area contributed by atoms with Gasteiger partial charge in [0.05, 0.1) is 0 Å². The molecule has 0 spiro atoms. The Kier molecular flexibility index (Phi) is 5.37. The highest BCUT2D eigenvalue weighted by molar-refractivity contribution is 5.14. The first-order valence-corrected chi connectivity index (χ1v) is 7.39. The highest BCUT2D eigenvalue weighted by Crippen LogP contribution is 2.16. The van der Waals surface area contributed by atoms with Crippen LogP contribution in [0.5, 0.6) is 0 Å². The molecule has 106 valence electrons. The van der Waals surface area contributed by atoms with Crippen LogP contribution in [0.25, 0.3) is 0 Å².